The SMILES string of the molecule is CCCCCCCNCc1cc(Br)ccc1OCC(N)=O.Cl. The van der Waals surface area contributed by atoms with E-state index in [4.69, 9.17) is 10.5 Å². The molecule has 1 rings (SSSR count). The molecule has 0 aliphatic rings. The molecule has 0 aliphatic carbocycles. The van der Waals surface area contributed by atoms with Crippen molar-refractivity contribution in [3.63, 3.8) is 0 Å². The average molecular weight is 394 g/mol. The molecule has 3 N–H and O–H groups in total. The van der Waals surface area contributed by atoms with Crippen LogP contribution in [0.2, 0.25) is 0 Å². The number of ether oxygens (including phenoxy) is 1. The summed E-state index contributed by atoms with van der Waals surface area (Å²) < 4.78 is 6.42. The smallest absolute Gasteiger partial charge is 0.255 e. The first-order chi connectivity index (χ1) is 10.1. The van der Waals surface area contributed by atoms with Gasteiger partial charge in [-0.05, 0) is 31.2 Å². The molecule has 0 radical (unpaired) electrons. The number of nitrogens with two attached hydrogens (primary N) is 1. The van der Waals surface area contributed by atoms with Crippen molar-refractivity contribution in [1.82, 2.24) is 5.32 Å². The topological polar surface area (TPSA) is 64.3 Å². The molecule has 1 aromatic carbocycles. The number of carbonyl (C=O) groups excluding carboxylic acids is 1. The van der Waals surface area contributed by atoms with Gasteiger partial charge in [0.15, 0.2) is 6.61 Å². The maximum absolute atomic E-state index is 10.8. The van der Waals surface area contributed by atoms with Crippen molar-refractivity contribution >= 4 is 34.2 Å². The molecule has 1 aromatic rings. The highest BCUT2D eigenvalue weighted by atomic mass is 79.9. The van der Waals surface area contributed by atoms with Gasteiger partial charge in [-0.2, -0.15) is 0 Å². The van der Waals surface area contributed by atoms with Gasteiger partial charge in [-0.1, -0.05) is 48.5 Å². The molecular weight excluding hydrogens is 368 g/mol. The van der Waals surface area contributed by atoms with E-state index in [0.29, 0.717) is 5.75 Å². The fourth-order valence-electron chi connectivity index (χ4n) is 2.05. The van der Waals surface area contributed by atoms with E-state index in [1.807, 2.05) is 18.2 Å². The number of primary amides is 1. The highest BCUT2D eigenvalue weighted by Gasteiger charge is 2.06. The Bertz CT molecular complexity index is 444. The lowest BCUT2D eigenvalue weighted by molar-refractivity contribution is -0.119. The number of unbranched alkanes of at least 4 members (excludes halogenated alkanes) is 4. The molecule has 0 spiro atoms. The van der Waals surface area contributed by atoms with Crippen molar-refractivity contribution in [3.8, 4) is 5.75 Å². The zero-order valence-corrected chi connectivity index (χ0v) is 15.5. The van der Waals surface area contributed by atoms with Crippen LogP contribution >= 0.6 is 28.3 Å². The number of halogens is 2. The minimum atomic E-state index is -0.465. The van der Waals surface area contributed by atoms with Gasteiger partial charge in [0.2, 0.25) is 0 Å². The highest BCUT2D eigenvalue weighted by Crippen LogP contribution is 2.23. The van der Waals surface area contributed by atoms with Crippen LogP contribution in [0.1, 0.15) is 44.6 Å². The molecule has 0 atom stereocenters. The van der Waals surface area contributed by atoms with E-state index in [1.165, 1.54) is 32.1 Å². The van der Waals surface area contributed by atoms with E-state index >= 15 is 0 Å². The summed E-state index contributed by atoms with van der Waals surface area (Å²) in [7, 11) is 0. The summed E-state index contributed by atoms with van der Waals surface area (Å²) in [6.45, 7) is 3.84. The second-order valence-corrected chi connectivity index (χ2v) is 6.01. The molecule has 0 saturated carbocycles. The number of hydrogen-bond acceptors (Lipinski definition) is 3. The molecule has 22 heavy (non-hydrogen) atoms. The maximum atomic E-state index is 10.8. The number of benzene rings is 1. The zero-order chi connectivity index (χ0) is 15.5. The zero-order valence-electron chi connectivity index (χ0n) is 13.1. The van der Waals surface area contributed by atoms with Gasteiger partial charge in [-0.25, -0.2) is 0 Å². The predicted octanol–water partition coefficient (Wildman–Crippen LogP) is 3.80. The fraction of sp³-hybridized carbons (Fsp3) is 0.562. The lowest BCUT2D eigenvalue weighted by Gasteiger charge is -2.12. The third kappa shape index (κ3) is 9.28. The predicted molar refractivity (Wildman–Crippen MR) is 96.5 cm³/mol. The number of rotatable bonds is 11. The van der Waals surface area contributed by atoms with Crippen LogP contribution in [0.25, 0.3) is 0 Å². The Balaban J connectivity index is 0.00000441. The van der Waals surface area contributed by atoms with Crippen LogP contribution in [0.5, 0.6) is 5.75 Å². The molecule has 6 heteroatoms. The van der Waals surface area contributed by atoms with Crippen LogP contribution in [0.15, 0.2) is 22.7 Å². The number of amides is 1. The summed E-state index contributed by atoms with van der Waals surface area (Å²) in [6, 6.07) is 5.75. The number of carbonyl (C=O) groups is 1. The van der Waals surface area contributed by atoms with Crippen molar-refractivity contribution in [2.24, 2.45) is 5.73 Å². The molecule has 0 bridgehead atoms. The van der Waals surface area contributed by atoms with E-state index in [-0.39, 0.29) is 19.0 Å². The summed E-state index contributed by atoms with van der Waals surface area (Å²) in [4.78, 5) is 10.8. The van der Waals surface area contributed by atoms with Gasteiger partial charge >= 0.3 is 0 Å². The molecule has 0 aromatic heterocycles. The van der Waals surface area contributed by atoms with Crippen LogP contribution in [-0.2, 0) is 11.3 Å². The van der Waals surface area contributed by atoms with E-state index < -0.39 is 5.91 Å². The van der Waals surface area contributed by atoms with Crippen molar-refractivity contribution in [2.75, 3.05) is 13.2 Å². The minimum absolute atomic E-state index is 0. The molecule has 4 nitrogen and oxygen atoms in total. The summed E-state index contributed by atoms with van der Waals surface area (Å²) in [5.74, 6) is 0.239. The van der Waals surface area contributed by atoms with Gasteiger partial charge in [0.1, 0.15) is 5.75 Å². The molecule has 0 saturated heterocycles. The van der Waals surface area contributed by atoms with Crippen LogP contribution in [0, 0.1) is 0 Å². The number of hydrogen-bond donors (Lipinski definition) is 2. The Morgan fingerprint density at radius 1 is 1.27 bits per heavy atom. The van der Waals surface area contributed by atoms with E-state index in [0.717, 1.165) is 23.1 Å². The van der Waals surface area contributed by atoms with Gasteiger partial charge in [0.05, 0.1) is 0 Å². The van der Waals surface area contributed by atoms with Crippen molar-refractivity contribution in [2.45, 2.75) is 45.6 Å². The molecular formula is C16H26BrClN2O2. The third-order valence-electron chi connectivity index (χ3n) is 3.17. The van der Waals surface area contributed by atoms with Gasteiger partial charge in [0, 0.05) is 16.6 Å². The molecule has 0 heterocycles. The molecule has 126 valence electrons. The van der Waals surface area contributed by atoms with Gasteiger partial charge in [-0.3, -0.25) is 4.79 Å². The summed E-state index contributed by atoms with van der Waals surface area (Å²) in [6.07, 6.45) is 6.35. The Hall–Kier alpha value is -0.780. The summed E-state index contributed by atoms with van der Waals surface area (Å²) in [5, 5.41) is 3.42. The first-order valence-electron chi connectivity index (χ1n) is 7.53. The monoisotopic (exact) mass is 392 g/mol. The van der Waals surface area contributed by atoms with Crippen LogP contribution in [-0.4, -0.2) is 19.1 Å². The third-order valence-corrected chi connectivity index (χ3v) is 3.66. The molecule has 1 amide bonds. The second kappa shape index (κ2) is 12.7. The summed E-state index contributed by atoms with van der Waals surface area (Å²) in [5.41, 5.74) is 6.14. The normalized spacial score (nSPS) is 10.1. The van der Waals surface area contributed by atoms with E-state index in [9.17, 15) is 4.79 Å². The molecule has 0 unspecified atom stereocenters. The van der Waals surface area contributed by atoms with E-state index in [2.05, 4.69) is 28.2 Å². The van der Waals surface area contributed by atoms with E-state index in [1.54, 1.807) is 0 Å². The second-order valence-electron chi connectivity index (χ2n) is 5.10. The van der Waals surface area contributed by atoms with Crippen LogP contribution in [0.4, 0.5) is 0 Å². The average Bonchev–Trinajstić information content (AvgIpc) is 2.45. The van der Waals surface area contributed by atoms with Crippen molar-refractivity contribution in [3.05, 3.63) is 28.2 Å². The van der Waals surface area contributed by atoms with Crippen molar-refractivity contribution < 1.29 is 9.53 Å². The van der Waals surface area contributed by atoms with Gasteiger partial charge in [-0.15, -0.1) is 12.4 Å². The maximum Gasteiger partial charge on any atom is 0.255 e. The first kappa shape index (κ1) is 21.2. The lowest BCUT2D eigenvalue weighted by Crippen LogP contribution is -2.21. The van der Waals surface area contributed by atoms with Crippen LogP contribution in [0.3, 0.4) is 0 Å². The largest absolute Gasteiger partial charge is 0.483 e. The fourth-order valence-corrected chi connectivity index (χ4v) is 2.46. The molecule has 0 aliphatic heterocycles. The standard InChI is InChI=1S/C16H25BrN2O2.ClH/c1-2-3-4-5-6-9-19-11-13-10-14(17)7-8-15(13)21-12-16(18)20;/h7-8,10,19H,2-6,9,11-12H2,1H3,(H2,18,20);1H. The van der Waals surface area contributed by atoms with Crippen LogP contribution < -0.4 is 15.8 Å². The Morgan fingerprint density at radius 2 is 2.00 bits per heavy atom. The summed E-state index contributed by atoms with van der Waals surface area (Å²) >= 11 is 3.45. The van der Waals surface area contributed by atoms with Crippen molar-refractivity contribution in [1.29, 1.82) is 0 Å². The molecule has 0 fully saturated rings. The Kier molecular flexibility index (Phi) is 12.3. The van der Waals surface area contributed by atoms with Gasteiger partial charge < -0.3 is 15.8 Å². The lowest BCUT2D eigenvalue weighted by atomic mass is 10.1. The van der Waals surface area contributed by atoms with Gasteiger partial charge in [0.25, 0.3) is 5.91 Å². The quantitative estimate of drug-likeness (QED) is 0.562. The Labute approximate surface area is 147 Å². The highest BCUT2D eigenvalue weighted by molar-refractivity contribution is 9.10. The number of nitrogens with one attached hydrogen (secondary N) is 1. The first-order valence-corrected chi connectivity index (χ1v) is 8.33. The Morgan fingerprint density at radius 3 is 2.68 bits per heavy atom. The minimum Gasteiger partial charge on any atom is -0.483 e.